The average Bonchev–Trinajstić information content (AvgIpc) is 2.75. The van der Waals surface area contributed by atoms with E-state index in [2.05, 4.69) is 18.3 Å². The molecule has 88 valence electrons. The number of rotatable bonds is 9. The van der Waals surface area contributed by atoms with E-state index in [1.807, 2.05) is 0 Å². The predicted octanol–water partition coefficient (Wildman–Crippen LogP) is 2.89. The SMILES string of the molecule is CCCCOCCNCCC1=CCCC1. The van der Waals surface area contributed by atoms with Crippen LogP contribution in [0.2, 0.25) is 0 Å². The molecule has 15 heavy (non-hydrogen) atoms. The number of ether oxygens (including phenoxy) is 1. The van der Waals surface area contributed by atoms with Crippen molar-refractivity contribution in [3.05, 3.63) is 11.6 Å². The van der Waals surface area contributed by atoms with Gasteiger partial charge in [-0.15, -0.1) is 0 Å². The lowest BCUT2D eigenvalue weighted by molar-refractivity contribution is 0.133. The fraction of sp³-hybridized carbons (Fsp3) is 0.846. The summed E-state index contributed by atoms with van der Waals surface area (Å²) in [5, 5.41) is 3.42. The number of nitrogens with one attached hydrogen (secondary N) is 1. The van der Waals surface area contributed by atoms with E-state index in [1.54, 1.807) is 5.57 Å². The molecule has 0 saturated heterocycles. The Morgan fingerprint density at radius 3 is 3.00 bits per heavy atom. The van der Waals surface area contributed by atoms with E-state index in [0.717, 1.165) is 26.3 Å². The van der Waals surface area contributed by atoms with Crippen molar-refractivity contribution in [3.63, 3.8) is 0 Å². The van der Waals surface area contributed by atoms with Gasteiger partial charge in [0.05, 0.1) is 6.61 Å². The lowest BCUT2D eigenvalue weighted by Crippen LogP contribution is -2.21. The highest BCUT2D eigenvalue weighted by Crippen LogP contribution is 2.19. The summed E-state index contributed by atoms with van der Waals surface area (Å²) in [5.74, 6) is 0. The van der Waals surface area contributed by atoms with Crippen molar-refractivity contribution in [2.75, 3.05) is 26.3 Å². The summed E-state index contributed by atoms with van der Waals surface area (Å²) in [5.41, 5.74) is 1.65. The molecule has 0 aromatic carbocycles. The molecule has 0 aromatic rings. The maximum Gasteiger partial charge on any atom is 0.0590 e. The van der Waals surface area contributed by atoms with Crippen LogP contribution in [0.15, 0.2) is 11.6 Å². The molecule has 0 amide bonds. The number of hydrogen-bond donors (Lipinski definition) is 1. The molecule has 0 heterocycles. The van der Waals surface area contributed by atoms with E-state index in [0.29, 0.717) is 0 Å². The van der Waals surface area contributed by atoms with Gasteiger partial charge < -0.3 is 10.1 Å². The van der Waals surface area contributed by atoms with Gasteiger partial charge in [0.15, 0.2) is 0 Å². The first kappa shape index (κ1) is 12.7. The van der Waals surface area contributed by atoms with Gasteiger partial charge in [-0.2, -0.15) is 0 Å². The van der Waals surface area contributed by atoms with Gasteiger partial charge in [-0.1, -0.05) is 25.0 Å². The Morgan fingerprint density at radius 1 is 1.33 bits per heavy atom. The molecule has 1 N–H and O–H groups in total. The minimum atomic E-state index is 0.860. The van der Waals surface area contributed by atoms with Crippen LogP contribution in [-0.2, 0) is 4.74 Å². The lowest BCUT2D eigenvalue weighted by atomic mass is 10.2. The van der Waals surface area contributed by atoms with Gasteiger partial charge in [0.1, 0.15) is 0 Å². The summed E-state index contributed by atoms with van der Waals surface area (Å²) in [6, 6.07) is 0. The van der Waals surface area contributed by atoms with Crippen LogP contribution in [0.25, 0.3) is 0 Å². The molecule has 0 unspecified atom stereocenters. The number of allylic oxidation sites excluding steroid dienone is 1. The highest BCUT2D eigenvalue weighted by molar-refractivity contribution is 5.07. The maximum atomic E-state index is 5.47. The Bertz CT molecular complexity index is 177. The van der Waals surface area contributed by atoms with Gasteiger partial charge in [0, 0.05) is 13.2 Å². The molecule has 1 aliphatic carbocycles. The minimum absolute atomic E-state index is 0.860. The Labute approximate surface area is 94.1 Å². The molecule has 0 spiro atoms. The summed E-state index contributed by atoms with van der Waals surface area (Å²) in [7, 11) is 0. The molecule has 2 heteroatoms. The van der Waals surface area contributed by atoms with Crippen molar-refractivity contribution in [2.45, 2.75) is 45.4 Å². The second-order valence-corrected chi connectivity index (χ2v) is 4.22. The Hall–Kier alpha value is -0.340. The second kappa shape index (κ2) is 8.93. The van der Waals surface area contributed by atoms with Gasteiger partial charge in [-0.3, -0.25) is 0 Å². The third kappa shape index (κ3) is 6.69. The first-order valence-corrected chi connectivity index (χ1v) is 6.40. The third-order valence-electron chi connectivity index (χ3n) is 2.82. The summed E-state index contributed by atoms with van der Waals surface area (Å²) < 4.78 is 5.47. The third-order valence-corrected chi connectivity index (χ3v) is 2.82. The van der Waals surface area contributed by atoms with Crippen LogP contribution in [0, 0.1) is 0 Å². The van der Waals surface area contributed by atoms with E-state index in [-0.39, 0.29) is 0 Å². The quantitative estimate of drug-likeness (QED) is 0.468. The fourth-order valence-electron chi connectivity index (χ4n) is 1.83. The monoisotopic (exact) mass is 211 g/mol. The molecule has 1 aliphatic rings. The maximum absolute atomic E-state index is 5.47. The smallest absolute Gasteiger partial charge is 0.0590 e. The predicted molar refractivity (Wildman–Crippen MR) is 65.1 cm³/mol. The topological polar surface area (TPSA) is 21.3 Å². The zero-order valence-electron chi connectivity index (χ0n) is 10.1. The summed E-state index contributed by atoms with van der Waals surface area (Å²) in [4.78, 5) is 0. The minimum Gasteiger partial charge on any atom is -0.380 e. The van der Waals surface area contributed by atoms with Gasteiger partial charge >= 0.3 is 0 Å². The average molecular weight is 211 g/mol. The second-order valence-electron chi connectivity index (χ2n) is 4.22. The largest absolute Gasteiger partial charge is 0.380 e. The summed E-state index contributed by atoms with van der Waals surface area (Å²) in [6.45, 7) is 6.08. The summed E-state index contributed by atoms with van der Waals surface area (Å²) in [6.07, 6.45) is 10.0. The van der Waals surface area contributed by atoms with Crippen LogP contribution in [0.5, 0.6) is 0 Å². The van der Waals surface area contributed by atoms with Crippen LogP contribution in [0.3, 0.4) is 0 Å². The van der Waals surface area contributed by atoms with Crippen molar-refractivity contribution in [1.82, 2.24) is 5.32 Å². The fourth-order valence-corrected chi connectivity index (χ4v) is 1.83. The first-order chi connectivity index (χ1) is 7.43. The van der Waals surface area contributed by atoms with Crippen LogP contribution in [0.1, 0.15) is 45.4 Å². The van der Waals surface area contributed by atoms with Gasteiger partial charge in [-0.25, -0.2) is 0 Å². The van der Waals surface area contributed by atoms with Crippen molar-refractivity contribution in [2.24, 2.45) is 0 Å². The van der Waals surface area contributed by atoms with Crippen LogP contribution in [0.4, 0.5) is 0 Å². The van der Waals surface area contributed by atoms with Crippen molar-refractivity contribution in [1.29, 1.82) is 0 Å². The van der Waals surface area contributed by atoms with Crippen LogP contribution in [-0.4, -0.2) is 26.3 Å². The van der Waals surface area contributed by atoms with Gasteiger partial charge in [-0.05, 0) is 38.6 Å². The molecule has 0 saturated carbocycles. The normalized spacial score (nSPS) is 15.7. The number of hydrogen-bond acceptors (Lipinski definition) is 2. The lowest BCUT2D eigenvalue weighted by Gasteiger charge is -2.06. The Morgan fingerprint density at radius 2 is 2.27 bits per heavy atom. The number of unbranched alkanes of at least 4 members (excludes halogenated alkanes) is 1. The molecule has 0 atom stereocenters. The highest BCUT2D eigenvalue weighted by atomic mass is 16.5. The van der Waals surface area contributed by atoms with E-state index in [1.165, 1.54) is 38.5 Å². The van der Waals surface area contributed by atoms with Crippen LogP contribution < -0.4 is 5.32 Å². The van der Waals surface area contributed by atoms with E-state index in [4.69, 9.17) is 4.74 Å². The van der Waals surface area contributed by atoms with Gasteiger partial charge in [0.25, 0.3) is 0 Å². The summed E-state index contributed by atoms with van der Waals surface area (Å²) >= 11 is 0. The first-order valence-electron chi connectivity index (χ1n) is 6.40. The molecule has 0 aromatic heterocycles. The van der Waals surface area contributed by atoms with E-state index >= 15 is 0 Å². The molecule has 0 radical (unpaired) electrons. The standard InChI is InChI=1S/C13H25NO/c1-2-3-11-15-12-10-14-9-8-13-6-4-5-7-13/h6,14H,2-5,7-12H2,1H3. The van der Waals surface area contributed by atoms with Crippen molar-refractivity contribution >= 4 is 0 Å². The zero-order valence-corrected chi connectivity index (χ0v) is 10.1. The Kier molecular flexibility index (Phi) is 7.58. The molecule has 0 fully saturated rings. The van der Waals surface area contributed by atoms with Crippen molar-refractivity contribution in [3.8, 4) is 0 Å². The van der Waals surface area contributed by atoms with E-state index in [9.17, 15) is 0 Å². The molecule has 0 bridgehead atoms. The van der Waals surface area contributed by atoms with Gasteiger partial charge in [0.2, 0.25) is 0 Å². The highest BCUT2D eigenvalue weighted by Gasteiger charge is 2.02. The molecule has 2 nitrogen and oxygen atoms in total. The zero-order chi connectivity index (χ0) is 10.8. The molecular formula is C13H25NO. The molecular weight excluding hydrogens is 186 g/mol. The molecule has 1 rings (SSSR count). The Balaban J connectivity index is 1.77. The van der Waals surface area contributed by atoms with E-state index < -0.39 is 0 Å². The van der Waals surface area contributed by atoms with Crippen molar-refractivity contribution < 1.29 is 4.74 Å². The molecule has 0 aliphatic heterocycles. The van der Waals surface area contributed by atoms with Crippen LogP contribution >= 0.6 is 0 Å².